The van der Waals surface area contributed by atoms with Crippen LogP contribution in [0, 0.1) is 0 Å². The highest BCUT2D eigenvalue weighted by Gasteiger charge is 2.05. The molecule has 72 valence electrons. The van der Waals surface area contributed by atoms with Gasteiger partial charge < -0.3 is 0 Å². The van der Waals surface area contributed by atoms with E-state index in [1.165, 1.54) is 0 Å². The van der Waals surface area contributed by atoms with Crippen molar-refractivity contribution in [3.05, 3.63) is 41.0 Å². The highest BCUT2D eigenvalue weighted by atomic mass is 35.5. The molecule has 0 spiro atoms. The van der Waals surface area contributed by atoms with Crippen molar-refractivity contribution < 1.29 is 0 Å². The SMILES string of the molecule is SCCc1c(Cl)ccc2cccnc12. The summed E-state index contributed by atoms with van der Waals surface area (Å²) < 4.78 is 0. The molecule has 0 aliphatic heterocycles. The maximum Gasteiger partial charge on any atom is 0.0749 e. The van der Waals surface area contributed by atoms with Gasteiger partial charge in [0.1, 0.15) is 0 Å². The summed E-state index contributed by atoms with van der Waals surface area (Å²) in [4.78, 5) is 4.34. The Morgan fingerprint density at radius 2 is 2.14 bits per heavy atom. The molecular formula is C11H10ClNS. The minimum Gasteiger partial charge on any atom is -0.256 e. The van der Waals surface area contributed by atoms with Crippen LogP contribution in [0.1, 0.15) is 5.56 Å². The average molecular weight is 224 g/mol. The second-order valence-electron chi connectivity index (χ2n) is 3.07. The number of aryl methyl sites for hydroxylation is 1. The molecule has 0 saturated heterocycles. The number of benzene rings is 1. The van der Waals surface area contributed by atoms with Gasteiger partial charge in [-0.3, -0.25) is 4.98 Å². The third-order valence-electron chi connectivity index (χ3n) is 2.18. The van der Waals surface area contributed by atoms with Crippen LogP contribution in [0.25, 0.3) is 10.9 Å². The van der Waals surface area contributed by atoms with Gasteiger partial charge in [-0.05, 0) is 29.9 Å². The molecule has 0 radical (unpaired) electrons. The first-order chi connectivity index (χ1) is 6.83. The summed E-state index contributed by atoms with van der Waals surface area (Å²) >= 11 is 10.3. The first-order valence-corrected chi connectivity index (χ1v) is 5.47. The van der Waals surface area contributed by atoms with E-state index in [9.17, 15) is 0 Å². The van der Waals surface area contributed by atoms with Gasteiger partial charge in [0.15, 0.2) is 0 Å². The van der Waals surface area contributed by atoms with Crippen LogP contribution in [0.3, 0.4) is 0 Å². The molecule has 0 atom stereocenters. The van der Waals surface area contributed by atoms with E-state index in [2.05, 4.69) is 17.6 Å². The second kappa shape index (κ2) is 4.20. The molecule has 0 unspecified atom stereocenters. The van der Waals surface area contributed by atoms with Gasteiger partial charge in [-0.1, -0.05) is 23.7 Å². The summed E-state index contributed by atoms with van der Waals surface area (Å²) in [5, 5.41) is 1.92. The zero-order chi connectivity index (χ0) is 9.97. The summed E-state index contributed by atoms with van der Waals surface area (Å²) in [5.41, 5.74) is 2.09. The fraction of sp³-hybridized carbons (Fsp3) is 0.182. The lowest BCUT2D eigenvalue weighted by molar-refractivity contribution is 1.17. The predicted molar refractivity (Wildman–Crippen MR) is 64.3 cm³/mol. The van der Waals surface area contributed by atoms with Crippen LogP contribution in [-0.4, -0.2) is 10.7 Å². The van der Waals surface area contributed by atoms with Gasteiger partial charge in [-0.25, -0.2) is 0 Å². The maximum atomic E-state index is 6.11. The van der Waals surface area contributed by atoms with Crippen molar-refractivity contribution in [3.8, 4) is 0 Å². The maximum absolute atomic E-state index is 6.11. The second-order valence-corrected chi connectivity index (χ2v) is 3.93. The van der Waals surface area contributed by atoms with Gasteiger partial charge in [0.2, 0.25) is 0 Å². The van der Waals surface area contributed by atoms with Crippen molar-refractivity contribution in [1.82, 2.24) is 4.98 Å². The first kappa shape index (κ1) is 9.81. The molecular weight excluding hydrogens is 214 g/mol. The zero-order valence-corrected chi connectivity index (χ0v) is 9.22. The number of fused-ring (bicyclic) bond motifs is 1. The molecule has 0 aliphatic rings. The van der Waals surface area contributed by atoms with Gasteiger partial charge in [-0.15, -0.1) is 0 Å². The van der Waals surface area contributed by atoms with E-state index in [0.29, 0.717) is 0 Å². The van der Waals surface area contributed by atoms with Crippen LogP contribution >= 0.6 is 24.2 Å². The Kier molecular flexibility index (Phi) is 2.94. The monoisotopic (exact) mass is 223 g/mol. The number of thiol groups is 1. The Morgan fingerprint density at radius 3 is 2.93 bits per heavy atom. The topological polar surface area (TPSA) is 12.9 Å². The minimum atomic E-state index is 0.783. The summed E-state index contributed by atoms with van der Waals surface area (Å²) in [6.45, 7) is 0. The number of halogens is 1. The quantitative estimate of drug-likeness (QED) is 0.771. The predicted octanol–water partition coefficient (Wildman–Crippen LogP) is 3.36. The molecule has 2 aromatic rings. The number of hydrogen-bond donors (Lipinski definition) is 1. The van der Waals surface area contributed by atoms with Crippen LogP contribution in [-0.2, 0) is 6.42 Å². The van der Waals surface area contributed by atoms with E-state index >= 15 is 0 Å². The number of hydrogen-bond acceptors (Lipinski definition) is 2. The number of aromatic nitrogens is 1. The van der Waals surface area contributed by atoms with Gasteiger partial charge in [0, 0.05) is 16.6 Å². The fourth-order valence-corrected chi connectivity index (χ4v) is 2.00. The molecule has 0 aliphatic carbocycles. The smallest absolute Gasteiger partial charge is 0.0749 e. The van der Waals surface area contributed by atoms with Crippen molar-refractivity contribution in [3.63, 3.8) is 0 Å². The Hall–Kier alpha value is -0.730. The Balaban J connectivity index is 2.69. The van der Waals surface area contributed by atoms with Crippen molar-refractivity contribution in [1.29, 1.82) is 0 Å². The molecule has 1 aromatic carbocycles. The van der Waals surface area contributed by atoms with Crippen molar-refractivity contribution in [2.75, 3.05) is 5.75 Å². The standard InChI is InChI=1S/C11H10ClNS/c12-10-4-3-8-2-1-6-13-11(8)9(10)5-7-14/h1-4,6,14H,5,7H2. The zero-order valence-electron chi connectivity index (χ0n) is 7.57. The van der Waals surface area contributed by atoms with Crippen molar-refractivity contribution >= 4 is 35.1 Å². The third kappa shape index (κ3) is 1.72. The Labute approximate surface area is 93.5 Å². The van der Waals surface area contributed by atoms with Gasteiger partial charge in [-0.2, -0.15) is 12.6 Å². The highest BCUT2D eigenvalue weighted by molar-refractivity contribution is 7.80. The molecule has 1 nitrogen and oxygen atoms in total. The third-order valence-corrected chi connectivity index (χ3v) is 2.76. The first-order valence-electron chi connectivity index (χ1n) is 4.46. The van der Waals surface area contributed by atoms with E-state index in [-0.39, 0.29) is 0 Å². The van der Waals surface area contributed by atoms with Crippen molar-refractivity contribution in [2.24, 2.45) is 0 Å². The molecule has 0 saturated carbocycles. The van der Waals surface area contributed by atoms with Gasteiger partial charge in [0.25, 0.3) is 0 Å². The van der Waals surface area contributed by atoms with Crippen molar-refractivity contribution in [2.45, 2.75) is 6.42 Å². The van der Waals surface area contributed by atoms with E-state index < -0.39 is 0 Å². The van der Waals surface area contributed by atoms with E-state index in [0.717, 1.165) is 33.7 Å². The van der Waals surface area contributed by atoms with Gasteiger partial charge in [0.05, 0.1) is 5.52 Å². The van der Waals surface area contributed by atoms with Gasteiger partial charge >= 0.3 is 0 Å². The number of pyridine rings is 1. The molecule has 0 fully saturated rings. The lowest BCUT2D eigenvalue weighted by Gasteiger charge is -2.05. The lowest BCUT2D eigenvalue weighted by atomic mass is 10.1. The molecule has 14 heavy (non-hydrogen) atoms. The molecule has 0 N–H and O–H groups in total. The van der Waals surface area contributed by atoms with Crippen LogP contribution in [0.4, 0.5) is 0 Å². The minimum absolute atomic E-state index is 0.783. The summed E-state index contributed by atoms with van der Waals surface area (Å²) in [6.07, 6.45) is 2.65. The molecule has 1 aromatic heterocycles. The largest absolute Gasteiger partial charge is 0.256 e. The lowest BCUT2D eigenvalue weighted by Crippen LogP contribution is -1.92. The summed E-state index contributed by atoms with van der Waals surface area (Å²) in [7, 11) is 0. The number of rotatable bonds is 2. The Morgan fingerprint density at radius 1 is 1.29 bits per heavy atom. The molecule has 1 heterocycles. The Bertz CT molecular complexity index is 456. The normalized spacial score (nSPS) is 10.7. The highest BCUT2D eigenvalue weighted by Crippen LogP contribution is 2.24. The summed E-state index contributed by atoms with van der Waals surface area (Å²) in [5.74, 6) is 0.787. The molecule has 0 bridgehead atoms. The van der Waals surface area contributed by atoms with E-state index in [1.807, 2.05) is 24.3 Å². The van der Waals surface area contributed by atoms with E-state index in [4.69, 9.17) is 11.6 Å². The van der Waals surface area contributed by atoms with E-state index in [1.54, 1.807) is 6.20 Å². The van der Waals surface area contributed by atoms with Crippen LogP contribution in [0.2, 0.25) is 5.02 Å². The summed E-state index contributed by atoms with van der Waals surface area (Å²) in [6, 6.07) is 7.89. The average Bonchev–Trinajstić information content (AvgIpc) is 2.23. The van der Waals surface area contributed by atoms with Crippen LogP contribution in [0.5, 0.6) is 0 Å². The van der Waals surface area contributed by atoms with Crippen LogP contribution < -0.4 is 0 Å². The molecule has 0 amide bonds. The fourth-order valence-electron chi connectivity index (χ4n) is 1.53. The van der Waals surface area contributed by atoms with Crippen LogP contribution in [0.15, 0.2) is 30.5 Å². The number of nitrogens with zero attached hydrogens (tertiary/aromatic N) is 1. The molecule has 3 heteroatoms. The molecule has 2 rings (SSSR count).